The molecule has 0 bridgehead atoms. The number of aromatic hydroxyl groups is 1. The summed E-state index contributed by atoms with van der Waals surface area (Å²) in [7, 11) is 0. The average molecular weight is 192 g/mol. The first kappa shape index (κ1) is 8.62. The third-order valence-corrected chi connectivity index (χ3v) is 1.99. The standard InChI is InChI=1S/C10H8O4/c11-7-1-2-8-6(3-10(12)13)5-14-9(8)4-7/h1-4,11H,5H2,(H,12,13)/b6-3-. The summed E-state index contributed by atoms with van der Waals surface area (Å²) in [6.45, 7) is 0.241. The van der Waals surface area contributed by atoms with Crippen LogP contribution in [0.25, 0.3) is 5.57 Å². The molecule has 1 aromatic rings. The SMILES string of the molecule is O=C(O)/C=C1/COc2cc(O)ccc21. The fourth-order valence-electron chi connectivity index (χ4n) is 1.40. The first-order valence-corrected chi connectivity index (χ1v) is 4.06. The Morgan fingerprint density at radius 3 is 3.00 bits per heavy atom. The Morgan fingerprint density at radius 1 is 1.50 bits per heavy atom. The van der Waals surface area contributed by atoms with E-state index in [1.807, 2.05) is 0 Å². The van der Waals surface area contributed by atoms with Gasteiger partial charge in [0.15, 0.2) is 0 Å². The fourth-order valence-corrected chi connectivity index (χ4v) is 1.40. The Bertz CT molecular complexity index is 420. The summed E-state index contributed by atoms with van der Waals surface area (Å²) >= 11 is 0. The zero-order chi connectivity index (χ0) is 10.1. The molecular formula is C10H8O4. The van der Waals surface area contributed by atoms with Crippen molar-refractivity contribution in [1.29, 1.82) is 0 Å². The van der Waals surface area contributed by atoms with E-state index < -0.39 is 5.97 Å². The van der Waals surface area contributed by atoms with Crippen molar-refractivity contribution in [1.82, 2.24) is 0 Å². The minimum absolute atomic E-state index is 0.111. The number of carboxylic acids is 1. The molecule has 1 heterocycles. The number of rotatable bonds is 1. The van der Waals surface area contributed by atoms with Gasteiger partial charge in [-0.25, -0.2) is 4.79 Å². The average Bonchev–Trinajstić information content (AvgIpc) is 2.47. The molecule has 0 amide bonds. The summed E-state index contributed by atoms with van der Waals surface area (Å²) in [5, 5.41) is 17.7. The van der Waals surface area contributed by atoms with Crippen molar-refractivity contribution in [2.24, 2.45) is 0 Å². The lowest BCUT2D eigenvalue weighted by Crippen LogP contribution is -1.93. The summed E-state index contributed by atoms with van der Waals surface area (Å²) in [6.07, 6.45) is 1.11. The lowest BCUT2D eigenvalue weighted by Gasteiger charge is -1.97. The number of hydrogen-bond acceptors (Lipinski definition) is 3. The van der Waals surface area contributed by atoms with Crippen LogP contribution in [0.2, 0.25) is 0 Å². The number of carboxylic acid groups (broad SMARTS) is 1. The molecule has 2 rings (SSSR count). The quantitative estimate of drug-likeness (QED) is 0.657. The molecule has 0 aromatic heterocycles. The van der Waals surface area contributed by atoms with E-state index in [0.29, 0.717) is 11.3 Å². The van der Waals surface area contributed by atoms with Gasteiger partial charge in [0.1, 0.15) is 18.1 Å². The van der Waals surface area contributed by atoms with Gasteiger partial charge < -0.3 is 14.9 Å². The van der Waals surface area contributed by atoms with Crippen LogP contribution in [-0.2, 0) is 4.79 Å². The Kier molecular flexibility index (Phi) is 1.89. The van der Waals surface area contributed by atoms with E-state index in [1.165, 1.54) is 12.1 Å². The Hall–Kier alpha value is -1.97. The molecule has 0 spiro atoms. The molecule has 0 saturated carbocycles. The van der Waals surface area contributed by atoms with Gasteiger partial charge in [-0.2, -0.15) is 0 Å². The zero-order valence-corrected chi connectivity index (χ0v) is 7.23. The first-order chi connectivity index (χ1) is 6.66. The van der Waals surface area contributed by atoms with Gasteiger partial charge in [0.2, 0.25) is 0 Å². The molecule has 0 saturated heterocycles. The molecule has 4 heteroatoms. The van der Waals surface area contributed by atoms with Gasteiger partial charge in [0.05, 0.1) is 0 Å². The van der Waals surface area contributed by atoms with Crippen LogP contribution >= 0.6 is 0 Å². The number of phenolic OH excluding ortho intramolecular Hbond substituents is 1. The molecule has 1 aliphatic rings. The monoisotopic (exact) mass is 192 g/mol. The van der Waals surface area contributed by atoms with Crippen LogP contribution in [0.15, 0.2) is 24.3 Å². The Balaban J connectivity index is 2.45. The third kappa shape index (κ3) is 1.42. The maximum atomic E-state index is 10.5. The third-order valence-electron chi connectivity index (χ3n) is 1.99. The predicted octanol–water partition coefficient (Wildman–Crippen LogP) is 1.25. The van der Waals surface area contributed by atoms with Crippen molar-refractivity contribution in [3.63, 3.8) is 0 Å². The highest BCUT2D eigenvalue weighted by atomic mass is 16.5. The molecule has 0 fully saturated rings. The van der Waals surface area contributed by atoms with Crippen LogP contribution in [0.4, 0.5) is 0 Å². The largest absolute Gasteiger partial charge is 0.508 e. The highest BCUT2D eigenvalue weighted by Crippen LogP contribution is 2.35. The van der Waals surface area contributed by atoms with Crippen molar-refractivity contribution in [3.05, 3.63) is 29.8 Å². The lowest BCUT2D eigenvalue weighted by atomic mass is 10.1. The second-order valence-electron chi connectivity index (χ2n) is 2.98. The van der Waals surface area contributed by atoms with Gasteiger partial charge in [0.25, 0.3) is 0 Å². The number of phenols is 1. The molecule has 14 heavy (non-hydrogen) atoms. The predicted molar refractivity (Wildman–Crippen MR) is 49.2 cm³/mol. The van der Waals surface area contributed by atoms with E-state index in [2.05, 4.69) is 0 Å². The Morgan fingerprint density at radius 2 is 2.29 bits per heavy atom. The van der Waals surface area contributed by atoms with Crippen LogP contribution in [0.1, 0.15) is 5.56 Å². The minimum atomic E-state index is -0.996. The first-order valence-electron chi connectivity index (χ1n) is 4.06. The van der Waals surface area contributed by atoms with Crippen molar-refractivity contribution in [2.75, 3.05) is 6.61 Å². The number of hydrogen-bond donors (Lipinski definition) is 2. The van der Waals surface area contributed by atoms with Crippen molar-refractivity contribution in [3.8, 4) is 11.5 Å². The zero-order valence-electron chi connectivity index (χ0n) is 7.23. The highest BCUT2D eigenvalue weighted by Gasteiger charge is 2.18. The molecule has 1 aliphatic heterocycles. The molecule has 4 nitrogen and oxygen atoms in total. The van der Waals surface area contributed by atoms with E-state index in [-0.39, 0.29) is 12.4 Å². The van der Waals surface area contributed by atoms with E-state index in [1.54, 1.807) is 6.07 Å². The van der Waals surface area contributed by atoms with Gasteiger partial charge in [-0.3, -0.25) is 0 Å². The molecule has 72 valence electrons. The van der Waals surface area contributed by atoms with Crippen LogP contribution in [0, 0.1) is 0 Å². The Labute approximate surface area is 80.1 Å². The topological polar surface area (TPSA) is 66.8 Å². The molecule has 0 unspecified atom stereocenters. The maximum absolute atomic E-state index is 10.5. The summed E-state index contributed by atoms with van der Waals surface area (Å²) in [5.74, 6) is -0.359. The van der Waals surface area contributed by atoms with Crippen LogP contribution in [0.3, 0.4) is 0 Å². The number of aliphatic carboxylic acids is 1. The van der Waals surface area contributed by atoms with Crippen molar-refractivity contribution in [2.45, 2.75) is 0 Å². The van der Waals surface area contributed by atoms with Crippen LogP contribution in [0.5, 0.6) is 11.5 Å². The summed E-state index contributed by atoms with van der Waals surface area (Å²) in [4.78, 5) is 10.5. The maximum Gasteiger partial charge on any atom is 0.328 e. The number of fused-ring (bicyclic) bond motifs is 1. The summed E-state index contributed by atoms with van der Waals surface area (Å²) in [6, 6.07) is 4.62. The second kappa shape index (κ2) is 3.06. The molecule has 0 atom stereocenters. The van der Waals surface area contributed by atoms with Crippen LogP contribution in [-0.4, -0.2) is 22.8 Å². The number of carbonyl (C=O) groups is 1. The van der Waals surface area contributed by atoms with Gasteiger partial charge in [-0.05, 0) is 12.1 Å². The molecule has 2 N–H and O–H groups in total. The van der Waals surface area contributed by atoms with Gasteiger partial charge >= 0.3 is 5.97 Å². The van der Waals surface area contributed by atoms with E-state index in [0.717, 1.165) is 11.6 Å². The van der Waals surface area contributed by atoms with Gasteiger partial charge in [-0.15, -0.1) is 0 Å². The lowest BCUT2D eigenvalue weighted by molar-refractivity contribution is -0.131. The molecule has 0 radical (unpaired) electrons. The van der Waals surface area contributed by atoms with Gasteiger partial charge in [0, 0.05) is 23.3 Å². The van der Waals surface area contributed by atoms with E-state index in [9.17, 15) is 4.79 Å². The van der Waals surface area contributed by atoms with Crippen molar-refractivity contribution < 1.29 is 19.7 Å². The fraction of sp³-hybridized carbons (Fsp3) is 0.100. The van der Waals surface area contributed by atoms with E-state index >= 15 is 0 Å². The normalized spacial score (nSPS) is 16.4. The smallest absolute Gasteiger partial charge is 0.328 e. The number of ether oxygens (including phenoxy) is 1. The van der Waals surface area contributed by atoms with E-state index in [4.69, 9.17) is 14.9 Å². The van der Waals surface area contributed by atoms with Crippen LogP contribution < -0.4 is 4.74 Å². The highest BCUT2D eigenvalue weighted by molar-refractivity contribution is 5.92. The number of benzene rings is 1. The van der Waals surface area contributed by atoms with Gasteiger partial charge in [-0.1, -0.05) is 0 Å². The summed E-state index contributed by atoms with van der Waals surface area (Å²) in [5.41, 5.74) is 1.35. The molecular weight excluding hydrogens is 184 g/mol. The summed E-state index contributed by atoms with van der Waals surface area (Å²) < 4.78 is 5.20. The molecule has 0 aliphatic carbocycles. The van der Waals surface area contributed by atoms with Crippen molar-refractivity contribution >= 4 is 11.5 Å². The minimum Gasteiger partial charge on any atom is -0.508 e. The second-order valence-corrected chi connectivity index (χ2v) is 2.98. The molecule has 1 aromatic carbocycles.